The smallest absolute Gasteiger partial charge is 0.198 e. The van der Waals surface area contributed by atoms with Gasteiger partial charge in [-0.25, -0.2) is 18.4 Å². The number of nitrogens with one attached hydrogen (secondary N) is 1. The van der Waals surface area contributed by atoms with Gasteiger partial charge in [0.2, 0.25) is 0 Å². The summed E-state index contributed by atoms with van der Waals surface area (Å²) in [6, 6.07) is 6.06. The van der Waals surface area contributed by atoms with Crippen molar-refractivity contribution in [2.45, 2.75) is 50.0 Å². The molecule has 5 rings (SSSR count). The molecule has 2 saturated heterocycles. The van der Waals surface area contributed by atoms with Gasteiger partial charge in [-0.1, -0.05) is 6.42 Å². The van der Waals surface area contributed by atoms with Crippen molar-refractivity contribution in [3.05, 3.63) is 42.1 Å². The number of alkyl halides is 1. The van der Waals surface area contributed by atoms with E-state index in [4.69, 9.17) is 5.26 Å². The molecule has 2 aliphatic heterocycles. The van der Waals surface area contributed by atoms with E-state index < -0.39 is 12.0 Å². The van der Waals surface area contributed by atoms with Crippen LogP contribution in [0.3, 0.4) is 0 Å². The molecule has 2 aromatic heterocycles. The van der Waals surface area contributed by atoms with Gasteiger partial charge in [0.05, 0.1) is 29.7 Å². The van der Waals surface area contributed by atoms with Crippen molar-refractivity contribution in [3.63, 3.8) is 0 Å². The summed E-state index contributed by atoms with van der Waals surface area (Å²) in [5.41, 5.74) is 0.360. The third-order valence-electron chi connectivity index (χ3n) is 6.47. The van der Waals surface area contributed by atoms with Crippen LogP contribution in [-0.2, 0) is 0 Å². The number of hydrogen-bond donors (Lipinski definition) is 2. The summed E-state index contributed by atoms with van der Waals surface area (Å²) in [7, 11) is 1.80. The Kier molecular flexibility index (Phi) is 5.38. The Bertz CT molecular complexity index is 1210. The van der Waals surface area contributed by atoms with E-state index in [1.807, 2.05) is 0 Å². The third kappa shape index (κ3) is 3.87. The van der Waals surface area contributed by atoms with E-state index in [2.05, 4.69) is 25.6 Å². The fraction of sp³-hybridized carbons (Fsp3) is 0.409. The van der Waals surface area contributed by atoms with Gasteiger partial charge in [-0.15, -0.1) is 10.2 Å². The van der Waals surface area contributed by atoms with E-state index >= 15 is 4.39 Å². The van der Waals surface area contributed by atoms with Crippen LogP contribution in [0.25, 0.3) is 17.1 Å². The fourth-order valence-corrected chi connectivity index (χ4v) is 4.69. The number of fused-ring (bicyclic) bond motifs is 2. The lowest BCUT2D eigenvalue weighted by Crippen LogP contribution is -2.61. The fourth-order valence-electron chi connectivity index (χ4n) is 4.69. The van der Waals surface area contributed by atoms with Crippen LogP contribution in [0.5, 0.6) is 5.75 Å². The number of nitrogens with zero attached hydrogens (tertiary/aromatic N) is 7. The summed E-state index contributed by atoms with van der Waals surface area (Å²) in [6.07, 6.45) is 5.20. The normalized spacial score (nSPS) is 24.3. The number of benzene rings is 1. The van der Waals surface area contributed by atoms with Gasteiger partial charge in [0.15, 0.2) is 23.2 Å². The first-order chi connectivity index (χ1) is 15.9. The van der Waals surface area contributed by atoms with Crippen molar-refractivity contribution in [2.24, 2.45) is 0 Å². The number of halogens is 2. The average Bonchev–Trinajstić information content (AvgIpc) is 3.22. The van der Waals surface area contributed by atoms with Crippen LogP contribution >= 0.6 is 0 Å². The molecule has 2 aliphatic rings. The quantitative estimate of drug-likeness (QED) is 0.620. The van der Waals surface area contributed by atoms with Crippen LogP contribution in [0, 0.1) is 17.1 Å². The molecular weight excluding hydrogens is 430 g/mol. The van der Waals surface area contributed by atoms with Gasteiger partial charge in [-0.05, 0) is 31.4 Å². The van der Waals surface area contributed by atoms with Crippen LogP contribution in [0.15, 0.2) is 30.6 Å². The zero-order chi connectivity index (χ0) is 23.1. The minimum Gasteiger partial charge on any atom is -0.507 e. The summed E-state index contributed by atoms with van der Waals surface area (Å²) < 4.78 is 29.8. The zero-order valence-electron chi connectivity index (χ0n) is 17.9. The SMILES string of the molecule is CN(c1cnc(-c2ccc(-n3cc(F)c(C#N)n3)cc2O)nn1)[C@H]1C[C@@H]2CCC[C@@H](N2)[C@H]1F. The minimum absolute atomic E-state index is 0.131. The molecule has 2 fully saturated rings. The average molecular weight is 452 g/mol. The second-order valence-corrected chi connectivity index (χ2v) is 8.48. The highest BCUT2D eigenvalue weighted by atomic mass is 19.1. The molecule has 11 heteroatoms. The first kappa shape index (κ1) is 21.2. The molecule has 0 amide bonds. The number of hydrogen-bond acceptors (Lipinski definition) is 8. The van der Waals surface area contributed by atoms with Crippen molar-refractivity contribution in [1.82, 2.24) is 30.3 Å². The molecule has 0 spiro atoms. The van der Waals surface area contributed by atoms with Crippen molar-refractivity contribution in [2.75, 3.05) is 11.9 Å². The molecule has 2 N–H and O–H groups in total. The molecule has 170 valence electrons. The van der Waals surface area contributed by atoms with Crippen molar-refractivity contribution >= 4 is 5.82 Å². The van der Waals surface area contributed by atoms with Crippen LogP contribution in [0.1, 0.15) is 31.4 Å². The molecule has 3 aromatic rings. The predicted octanol–water partition coefficient (Wildman–Crippen LogP) is 2.50. The number of aromatic hydroxyl groups is 1. The van der Waals surface area contributed by atoms with Crippen molar-refractivity contribution < 1.29 is 13.9 Å². The van der Waals surface area contributed by atoms with E-state index in [1.54, 1.807) is 30.1 Å². The Labute approximate surface area is 188 Å². The Hall–Kier alpha value is -3.65. The number of piperidine rings is 2. The highest BCUT2D eigenvalue weighted by Crippen LogP contribution is 2.33. The highest BCUT2D eigenvalue weighted by molar-refractivity contribution is 5.66. The Morgan fingerprint density at radius 1 is 1.30 bits per heavy atom. The maximum atomic E-state index is 15.0. The standard InChI is InChI=1S/C22H22F2N8O/c1-31(18-7-12-3-2-4-16(27-12)21(18)24)20-10-26-22(29-28-20)14-6-5-13(8-19(14)33)32-11-15(23)17(9-25)30-32/h5-6,8,10-12,16,18,21,27,33H,2-4,7H2,1H3/t12-,16+,18-,21+/m0/s1. The number of rotatable bonds is 4. The molecule has 4 atom stereocenters. The van der Waals surface area contributed by atoms with Crippen LogP contribution in [-0.4, -0.2) is 61.4 Å². The lowest BCUT2D eigenvalue weighted by Gasteiger charge is -2.45. The van der Waals surface area contributed by atoms with E-state index in [1.165, 1.54) is 12.3 Å². The van der Waals surface area contributed by atoms with Gasteiger partial charge in [-0.2, -0.15) is 10.4 Å². The Morgan fingerprint density at radius 2 is 2.15 bits per heavy atom. The van der Waals surface area contributed by atoms with E-state index in [0.717, 1.165) is 30.1 Å². The predicted molar refractivity (Wildman–Crippen MR) is 115 cm³/mol. The maximum absolute atomic E-state index is 15.0. The molecule has 33 heavy (non-hydrogen) atoms. The van der Waals surface area contributed by atoms with E-state index in [-0.39, 0.29) is 29.4 Å². The highest BCUT2D eigenvalue weighted by Gasteiger charge is 2.42. The van der Waals surface area contributed by atoms with E-state index in [9.17, 15) is 9.50 Å². The van der Waals surface area contributed by atoms with Crippen molar-refractivity contribution in [3.8, 4) is 28.9 Å². The number of nitriles is 1. The summed E-state index contributed by atoms with van der Waals surface area (Å²) in [6.45, 7) is 0. The van der Waals surface area contributed by atoms with Gasteiger partial charge in [-0.3, -0.25) is 0 Å². The van der Waals surface area contributed by atoms with Gasteiger partial charge in [0.1, 0.15) is 18.0 Å². The summed E-state index contributed by atoms with van der Waals surface area (Å²) in [5, 5.41) is 34.9. The summed E-state index contributed by atoms with van der Waals surface area (Å²) >= 11 is 0. The minimum atomic E-state index is -1.00. The van der Waals surface area contributed by atoms with Gasteiger partial charge >= 0.3 is 0 Å². The molecular formula is C22H22F2N8O. The molecule has 4 heterocycles. The second-order valence-electron chi connectivity index (χ2n) is 8.48. The zero-order valence-corrected chi connectivity index (χ0v) is 17.9. The maximum Gasteiger partial charge on any atom is 0.198 e. The number of phenolic OH excluding ortho intramolecular Hbond substituents is 1. The van der Waals surface area contributed by atoms with E-state index in [0.29, 0.717) is 29.5 Å². The molecule has 9 nitrogen and oxygen atoms in total. The summed E-state index contributed by atoms with van der Waals surface area (Å²) in [4.78, 5) is 6.11. The Balaban J connectivity index is 1.35. The molecule has 0 saturated carbocycles. The lowest BCUT2D eigenvalue weighted by atomic mass is 9.82. The van der Waals surface area contributed by atoms with Gasteiger partial charge < -0.3 is 15.3 Å². The second kappa shape index (κ2) is 8.37. The largest absolute Gasteiger partial charge is 0.507 e. The topological polar surface area (TPSA) is 116 Å². The van der Waals surface area contributed by atoms with Gasteiger partial charge in [0.25, 0.3) is 0 Å². The molecule has 0 aliphatic carbocycles. The van der Waals surface area contributed by atoms with Crippen molar-refractivity contribution in [1.29, 1.82) is 5.26 Å². The third-order valence-corrected chi connectivity index (χ3v) is 6.47. The number of anilines is 1. The molecule has 2 bridgehead atoms. The number of phenols is 1. The van der Waals surface area contributed by atoms with Gasteiger partial charge in [0, 0.05) is 25.2 Å². The molecule has 0 unspecified atom stereocenters. The monoisotopic (exact) mass is 452 g/mol. The lowest BCUT2D eigenvalue weighted by molar-refractivity contribution is 0.107. The molecule has 1 aromatic carbocycles. The summed E-state index contributed by atoms with van der Waals surface area (Å²) in [5.74, 6) is -0.251. The first-order valence-corrected chi connectivity index (χ1v) is 10.8. The van der Waals surface area contributed by atoms with Crippen LogP contribution in [0.4, 0.5) is 14.6 Å². The van der Waals surface area contributed by atoms with Crippen LogP contribution in [0.2, 0.25) is 0 Å². The Morgan fingerprint density at radius 3 is 2.85 bits per heavy atom. The number of aromatic nitrogens is 5. The van der Waals surface area contributed by atoms with Crippen LogP contribution < -0.4 is 10.2 Å². The first-order valence-electron chi connectivity index (χ1n) is 10.8. The molecule has 0 radical (unpaired) electrons.